The monoisotopic (exact) mass is 385 g/mol. The van der Waals surface area contributed by atoms with E-state index in [9.17, 15) is 10.1 Å². The van der Waals surface area contributed by atoms with Gasteiger partial charge >= 0.3 is 5.00 Å². The van der Waals surface area contributed by atoms with Crippen molar-refractivity contribution in [2.24, 2.45) is 0 Å². The van der Waals surface area contributed by atoms with Crippen LogP contribution in [0.2, 0.25) is 5.02 Å². The number of aromatic nitrogens is 2. The molecule has 0 bridgehead atoms. The minimum absolute atomic E-state index is 0.0209. The van der Waals surface area contributed by atoms with Crippen molar-refractivity contribution in [2.75, 3.05) is 0 Å². The molecule has 2 heterocycles. The second kappa shape index (κ2) is 4.44. The molecule has 0 saturated heterocycles. The van der Waals surface area contributed by atoms with Crippen LogP contribution in [-0.4, -0.2) is 15.1 Å². The number of nitrogens with zero attached hydrogens (tertiary/aromatic N) is 2. The Kier molecular flexibility index (Phi) is 3.34. The fourth-order valence-electron chi connectivity index (χ4n) is 1.09. The van der Waals surface area contributed by atoms with Crippen molar-refractivity contribution in [1.29, 1.82) is 0 Å². The molecule has 2 rings (SSSR count). The summed E-state index contributed by atoms with van der Waals surface area (Å²) in [5.41, 5.74) is 0.562. The van der Waals surface area contributed by atoms with E-state index in [-0.39, 0.29) is 5.00 Å². The summed E-state index contributed by atoms with van der Waals surface area (Å²) in [6, 6.07) is 0. The molecule has 5 nitrogen and oxygen atoms in total. The molecule has 9 heteroatoms. The van der Waals surface area contributed by atoms with Crippen LogP contribution in [0.5, 0.6) is 0 Å². The summed E-state index contributed by atoms with van der Waals surface area (Å²) < 4.78 is 0.999. The van der Waals surface area contributed by atoms with Crippen LogP contribution in [0.3, 0.4) is 0 Å². The van der Waals surface area contributed by atoms with E-state index in [1.54, 1.807) is 0 Å². The van der Waals surface area contributed by atoms with Gasteiger partial charge in [-0.3, -0.25) is 15.2 Å². The summed E-state index contributed by atoms with van der Waals surface area (Å²) in [4.78, 5) is 10.9. The van der Waals surface area contributed by atoms with Crippen LogP contribution in [0, 0.1) is 10.1 Å². The van der Waals surface area contributed by atoms with Gasteiger partial charge in [-0.2, -0.15) is 5.10 Å². The molecule has 0 amide bonds. The molecule has 0 atom stereocenters. The molecule has 16 heavy (non-hydrogen) atoms. The van der Waals surface area contributed by atoms with Crippen LogP contribution in [-0.2, 0) is 0 Å². The van der Waals surface area contributed by atoms with Gasteiger partial charge in [0.1, 0.15) is 4.47 Å². The Bertz CT molecular complexity index is 568. The Balaban J connectivity index is 2.64. The van der Waals surface area contributed by atoms with E-state index in [0.717, 1.165) is 11.3 Å². The van der Waals surface area contributed by atoms with Crippen molar-refractivity contribution in [2.45, 2.75) is 0 Å². The van der Waals surface area contributed by atoms with Crippen molar-refractivity contribution in [3.63, 3.8) is 0 Å². The predicted octanol–water partition coefficient (Wildman–Crippen LogP) is 4.22. The SMILES string of the molecule is O=[N+]([O-])c1sc(-c2[nH]ncc2Cl)c(Br)c1Br. The smallest absolute Gasteiger partial charge is 0.275 e. The Labute approximate surface area is 115 Å². The number of H-pyrrole nitrogens is 1. The molecule has 0 aliphatic rings. The van der Waals surface area contributed by atoms with Gasteiger partial charge in [0.05, 0.1) is 31.2 Å². The summed E-state index contributed by atoms with van der Waals surface area (Å²) in [5, 5.41) is 17.7. The molecule has 0 aromatic carbocycles. The second-order valence-corrected chi connectivity index (χ2v) is 5.71. The maximum atomic E-state index is 10.7. The number of hydrogen-bond donors (Lipinski definition) is 1. The number of nitro groups is 1. The molecule has 0 fully saturated rings. The van der Waals surface area contributed by atoms with E-state index < -0.39 is 4.92 Å². The lowest BCUT2D eigenvalue weighted by Gasteiger charge is -1.93. The van der Waals surface area contributed by atoms with Gasteiger partial charge in [0.2, 0.25) is 0 Å². The molecule has 2 aromatic rings. The molecule has 0 saturated carbocycles. The number of rotatable bonds is 2. The molecule has 1 N–H and O–H groups in total. The quantitative estimate of drug-likeness (QED) is 0.619. The number of halogens is 3. The molecule has 2 aromatic heterocycles. The standard InChI is InChI=1S/C7H2Br2ClN3O2S/c8-3-4(9)7(13(14)15)16-6(3)5-2(10)1-11-12-5/h1H,(H,11,12). The topological polar surface area (TPSA) is 71.8 Å². The highest BCUT2D eigenvalue weighted by Crippen LogP contribution is 2.48. The number of thiophene rings is 1. The lowest BCUT2D eigenvalue weighted by molar-refractivity contribution is -0.381. The summed E-state index contributed by atoms with van der Waals surface area (Å²) in [7, 11) is 0. The lowest BCUT2D eigenvalue weighted by atomic mass is 10.3. The number of nitrogens with one attached hydrogen (secondary N) is 1. The number of aromatic amines is 1. The highest BCUT2D eigenvalue weighted by Gasteiger charge is 2.25. The third-order valence-electron chi connectivity index (χ3n) is 1.76. The van der Waals surface area contributed by atoms with Gasteiger partial charge in [-0.25, -0.2) is 0 Å². The van der Waals surface area contributed by atoms with E-state index in [4.69, 9.17) is 11.6 Å². The Hall–Kier alpha value is -0.440. The largest absolute Gasteiger partial charge is 0.340 e. The Morgan fingerprint density at radius 1 is 1.50 bits per heavy atom. The third-order valence-corrected chi connectivity index (χ3v) is 5.83. The van der Waals surface area contributed by atoms with Gasteiger partial charge in [0.15, 0.2) is 0 Å². The maximum Gasteiger partial charge on any atom is 0.340 e. The highest BCUT2D eigenvalue weighted by molar-refractivity contribution is 9.13. The van der Waals surface area contributed by atoms with Crippen molar-refractivity contribution in [1.82, 2.24) is 10.2 Å². The highest BCUT2D eigenvalue weighted by atomic mass is 79.9. The van der Waals surface area contributed by atoms with Crippen LogP contribution in [0.15, 0.2) is 15.1 Å². The first-order valence-electron chi connectivity index (χ1n) is 3.83. The van der Waals surface area contributed by atoms with Gasteiger partial charge in [-0.15, -0.1) is 0 Å². The first-order valence-corrected chi connectivity index (χ1v) is 6.61. The van der Waals surface area contributed by atoms with E-state index >= 15 is 0 Å². The fraction of sp³-hybridized carbons (Fsp3) is 0. The van der Waals surface area contributed by atoms with Crippen molar-refractivity contribution in [3.05, 3.63) is 30.3 Å². The molecular formula is C7H2Br2ClN3O2S. The summed E-state index contributed by atoms with van der Waals surface area (Å²) >= 11 is 13.3. The lowest BCUT2D eigenvalue weighted by Crippen LogP contribution is -1.82. The zero-order chi connectivity index (χ0) is 11.9. The van der Waals surface area contributed by atoms with Crippen LogP contribution in [0.4, 0.5) is 5.00 Å². The fourth-order valence-corrected chi connectivity index (χ4v) is 3.72. The van der Waals surface area contributed by atoms with Gasteiger partial charge < -0.3 is 0 Å². The molecule has 0 aliphatic carbocycles. The van der Waals surface area contributed by atoms with E-state index in [0.29, 0.717) is 24.5 Å². The molecule has 0 spiro atoms. The van der Waals surface area contributed by atoms with Crippen molar-refractivity contribution in [3.8, 4) is 10.6 Å². The van der Waals surface area contributed by atoms with Gasteiger partial charge in [0.25, 0.3) is 0 Å². The second-order valence-electron chi connectivity index (χ2n) is 2.71. The summed E-state index contributed by atoms with van der Waals surface area (Å²) in [6.45, 7) is 0. The minimum atomic E-state index is -0.451. The van der Waals surface area contributed by atoms with Crippen LogP contribution in [0.1, 0.15) is 0 Å². The molecular weight excluding hydrogens is 385 g/mol. The average molecular weight is 387 g/mol. The zero-order valence-corrected chi connectivity index (χ0v) is 12.1. The summed E-state index contributed by atoms with van der Waals surface area (Å²) in [6.07, 6.45) is 1.45. The van der Waals surface area contributed by atoms with Gasteiger partial charge in [-0.1, -0.05) is 22.9 Å². The molecule has 0 aliphatic heterocycles. The van der Waals surface area contributed by atoms with Gasteiger partial charge in [0, 0.05) is 0 Å². The van der Waals surface area contributed by atoms with Crippen LogP contribution >= 0.6 is 54.8 Å². The Morgan fingerprint density at radius 2 is 2.19 bits per heavy atom. The van der Waals surface area contributed by atoms with Gasteiger partial charge in [-0.05, 0) is 31.9 Å². The van der Waals surface area contributed by atoms with Crippen molar-refractivity contribution >= 4 is 59.8 Å². The molecule has 0 unspecified atom stereocenters. The normalized spacial score (nSPS) is 10.7. The van der Waals surface area contributed by atoms with E-state index in [2.05, 4.69) is 42.1 Å². The number of hydrogen-bond acceptors (Lipinski definition) is 4. The average Bonchev–Trinajstić information content (AvgIpc) is 2.74. The van der Waals surface area contributed by atoms with Crippen molar-refractivity contribution < 1.29 is 4.92 Å². The molecule has 0 radical (unpaired) electrons. The maximum absolute atomic E-state index is 10.7. The Morgan fingerprint density at radius 3 is 2.62 bits per heavy atom. The first kappa shape index (κ1) is 12.0. The van der Waals surface area contributed by atoms with E-state index in [1.165, 1.54) is 6.20 Å². The minimum Gasteiger partial charge on any atom is -0.275 e. The van der Waals surface area contributed by atoms with Crippen LogP contribution < -0.4 is 0 Å². The van der Waals surface area contributed by atoms with Crippen LogP contribution in [0.25, 0.3) is 10.6 Å². The predicted molar refractivity (Wildman–Crippen MR) is 69.0 cm³/mol. The third kappa shape index (κ3) is 1.90. The summed E-state index contributed by atoms with van der Waals surface area (Å²) in [5.74, 6) is 0. The molecule has 84 valence electrons. The zero-order valence-electron chi connectivity index (χ0n) is 7.33. The van der Waals surface area contributed by atoms with E-state index in [1.807, 2.05) is 0 Å². The first-order chi connectivity index (χ1) is 7.52.